The fourth-order valence-corrected chi connectivity index (χ4v) is 4.77. The summed E-state index contributed by atoms with van der Waals surface area (Å²) in [5.74, 6) is -0.262. The Bertz CT molecular complexity index is 742. The largest absolute Gasteiger partial charge is 0.337 e. The predicted octanol–water partition coefficient (Wildman–Crippen LogP) is 2.65. The van der Waals surface area contributed by atoms with Gasteiger partial charge in [0, 0.05) is 49.0 Å². The van der Waals surface area contributed by atoms with E-state index in [1.807, 2.05) is 23.6 Å². The highest BCUT2D eigenvalue weighted by Gasteiger charge is 2.20. The molecule has 0 saturated carbocycles. The highest BCUT2D eigenvalue weighted by molar-refractivity contribution is 7.16. The number of hydrogen-bond acceptors (Lipinski definition) is 6. The molecule has 2 N–H and O–H groups in total. The van der Waals surface area contributed by atoms with Gasteiger partial charge in [0.25, 0.3) is 0 Å². The van der Waals surface area contributed by atoms with Crippen molar-refractivity contribution in [1.82, 2.24) is 20.4 Å². The van der Waals surface area contributed by atoms with Crippen LogP contribution in [0.2, 0.25) is 4.34 Å². The summed E-state index contributed by atoms with van der Waals surface area (Å²) in [4.78, 5) is 30.8. The van der Waals surface area contributed by atoms with E-state index >= 15 is 0 Å². The van der Waals surface area contributed by atoms with Gasteiger partial charge in [-0.05, 0) is 30.0 Å². The van der Waals surface area contributed by atoms with Crippen LogP contribution in [-0.2, 0) is 17.8 Å². The highest BCUT2D eigenvalue weighted by atomic mass is 35.5. The minimum absolute atomic E-state index is 0.247. The second kappa shape index (κ2) is 10.2. The summed E-state index contributed by atoms with van der Waals surface area (Å²) in [6.07, 6.45) is 0.774. The van der Waals surface area contributed by atoms with Crippen molar-refractivity contribution in [2.75, 3.05) is 39.3 Å². The molecule has 0 unspecified atom stereocenters. The minimum Gasteiger partial charge on any atom is -0.337 e. The Hall–Kier alpha value is -1.45. The number of nitrogens with zero attached hydrogens (tertiary/aromatic N) is 2. The fourth-order valence-electron chi connectivity index (χ4n) is 2.93. The molecule has 6 nitrogen and oxygen atoms in total. The number of thiophene rings is 2. The lowest BCUT2D eigenvalue weighted by Crippen LogP contribution is -2.50. The summed E-state index contributed by atoms with van der Waals surface area (Å²) in [5, 5.41) is 7.14. The summed E-state index contributed by atoms with van der Waals surface area (Å²) in [5.41, 5.74) is 0. The predicted molar refractivity (Wildman–Crippen MR) is 111 cm³/mol. The van der Waals surface area contributed by atoms with Crippen LogP contribution in [0.5, 0.6) is 0 Å². The Kier molecular flexibility index (Phi) is 7.66. The third-order valence-corrected chi connectivity index (χ3v) is 6.48. The van der Waals surface area contributed by atoms with Crippen molar-refractivity contribution in [1.29, 1.82) is 0 Å². The topological polar surface area (TPSA) is 64.7 Å². The molecule has 2 aromatic heterocycles. The van der Waals surface area contributed by atoms with Gasteiger partial charge in [-0.25, -0.2) is 4.79 Å². The number of carbonyl (C=O) groups excluding carboxylic acids is 2. The van der Waals surface area contributed by atoms with Gasteiger partial charge in [-0.3, -0.25) is 19.9 Å². The average Bonchev–Trinajstić information content (AvgIpc) is 3.28. The van der Waals surface area contributed by atoms with E-state index in [2.05, 4.69) is 26.5 Å². The Morgan fingerprint density at radius 2 is 1.85 bits per heavy atom. The summed E-state index contributed by atoms with van der Waals surface area (Å²) < 4.78 is 0.814. The van der Waals surface area contributed by atoms with Crippen LogP contribution in [0.15, 0.2) is 29.6 Å². The lowest BCUT2D eigenvalue weighted by atomic mass is 10.3. The molecule has 1 aliphatic heterocycles. The van der Waals surface area contributed by atoms with Crippen molar-refractivity contribution in [3.63, 3.8) is 0 Å². The van der Waals surface area contributed by atoms with Gasteiger partial charge in [-0.2, -0.15) is 0 Å². The quantitative estimate of drug-likeness (QED) is 0.714. The number of amides is 3. The van der Waals surface area contributed by atoms with Gasteiger partial charge in [0.2, 0.25) is 5.91 Å². The Morgan fingerprint density at radius 1 is 1.07 bits per heavy atom. The van der Waals surface area contributed by atoms with Gasteiger partial charge < -0.3 is 5.32 Å². The summed E-state index contributed by atoms with van der Waals surface area (Å²) >= 11 is 9.24. The van der Waals surface area contributed by atoms with Crippen LogP contribution in [-0.4, -0.2) is 61.0 Å². The van der Waals surface area contributed by atoms with E-state index in [0.717, 1.165) is 43.5 Å². The maximum absolute atomic E-state index is 12.1. The molecule has 1 saturated heterocycles. The molecule has 2 aromatic rings. The van der Waals surface area contributed by atoms with Gasteiger partial charge in [0.1, 0.15) is 0 Å². The molecule has 3 rings (SSSR count). The maximum atomic E-state index is 12.1. The van der Waals surface area contributed by atoms with Crippen molar-refractivity contribution in [2.45, 2.75) is 13.0 Å². The summed E-state index contributed by atoms with van der Waals surface area (Å²) in [6.45, 7) is 5.08. The minimum atomic E-state index is -0.426. The number of halogens is 1. The molecular weight excluding hydrogens is 404 g/mol. The van der Waals surface area contributed by atoms with Crippen LogP contribution < -0.4 is 10.6 Å². The molecule has 0 aromatic carbocycles. The van der Waals surface area contributed by atoms with Crippen molar-refractivity contribution >= 4 is 46.2 Å². The second-order valence-electron chi connectivity index (χ2n) is 6.39. The summed E-state index contributed by atoms with van der Waals surface area (Å²) in [6, 6.07) is 7.57. The Morgan fingerprint density at radius 3 is 2.52 bits per heavy atom. The number of rotatable bonds is 7. The number of urea groups is 1. The van der Waals surface area contributed by atoms with Crippen LogP contribution in [0.1, 0.15) is 9.75 Å². The number of hydrogen-bond donors (Lipinski definition) is 2. The SMILES string of the molecule is O=C(CN1CCN(Cc2ccc(Cl)s2)CC1)NC(=O)NCCc1cccs1. The molecule has 1 fully saturated rings. The second-order valence-corrected chi connectivity index (χ2v) is 9.22. The number of nitrogens with one attached hydrogen (secondary N) is 2. The first-order valence-corrected chi connectivity index (χ1v) is 10.9. The van der Waals surface area contributed by atoms with Crippen molar-refractivity contribution < 1.29 is 9.59 Å². The van der Waals surface area contributed by atoms with Crippen molar-refractivity contribution in [2.24, 2.45) is 0 Å². The maximum Gasteiger partial charge on any atom is 0.321 e. The number of carbonyl (C=O) groups is 2. The van der Waals surface area contributed by atoms with Crippen molar-refractivity contribution in [3.05, 3.63) is 43.7 Å². The van der Waals surface area contributed by atoms with Gasteiger partial charge in [0.05, 0.1) is 10.9 Å². The molecular formula is C18H23ClN4O2S2. The average molecular weight is 427 g/mol. The third-order valence-electron chi connectivity index (χ3n) is 4.33. The van der Waals surface area contributed by atoms with Crippen LogP contribution in [0.3, 0.4) is 0 Å². The smallest absolute Gasteiger partial charge is 0.321 e. The van der Waals surface area contributed by atoms with Gasteiger partial charge in [-0.15, -0.1) is 22.7 Å². The van der Waals surface area contributed by atoms with E-state index in [0.29, 0.717) is 6.54 Å². The fraction of sp³-hybridized carbons (Fsp3) is 0.444. The van der Waals surface area contributed by atoms with Gasteiger partial charge in [-0.1, -0.05) is 17.7 Å². The lowest BCUT2D eigenvalue weighted by Gasteiger charge is -2.33. The number of imide groups is 1. The molecule has 3 amide bonds. The molecule has 9 heteroatoms. The first kappa shape index (κ1) is 20.3. The van der Waals surface area contributed by atoms with Crippen LogP contribution in [0.25, 0.3) is 0 Å². The van der Waals surface area contributed by atoms with E-state index in [1.54, 1.807) is 22.7 Å². The van der Waals surface area contributed by atoms with Gasteiger partial charge >= 0.3 is 6.03 Å². The zero-order valence-corrected chi connectivity index (χ0v) is 17.3. The summed E-state index contributed by atoms with van der Waals surface area (Å²) in [7, 11) is 0. The molecule has 0 atom stereocenters. The third kappa shape index (κ3) is 6.90. The zero-order chi connectivity index (χ0) is 19.1. The highest BCUT2D eigenvalue weighted by Crippen LogP contribution is 2.23. The van der Waals surface area contributed by atoms with E-state index in [1.165, 1.54) is 9.75 Å². The van der Waals surface area contributed by atoms with Crippen LogP contribution >= 0.6 is 34.3 Å². The molecule has 3 heterocycles. The monoisotopic (exact) mass is 426 g/mol. The Labute approximate surface area is 172 Å². The number of piperazine rings is 1. The molecule has 0 radical (unpaired) electrons. The molecule has 0 spiro atoms. The first-order valence-electron chi connectivity index (χ1n) is 8.87. The Balaban J connectivity index is 1.30. The van der Waals surface area contributed by atoms with E-state index in [9.17, 15) is 9.59 Å². The molecule has 1 aliphatic rings. The molecule has 0 bridgehead atoms. The molecule has 146 valence electrons. The van der Waals surface area contributed by atoms with Crippen LogP contribution in [0.4, 0.5) is 4.79 Å². The molecule has 27 heavy (non-hydrogen) atoms. The zero-order valence-electron chi connectivity index (χ0n) is 14.9. The van der Waals surface area contributed by atoms with Gasteiger partial charge in [0.15, 0.2) is 0 Å². The van der Waals surface area contributed by atoms with Crippen molar-refractivity contribution in [3.8, 4) is 0 Å². The van der Waals surface area contributed by atoms with E-state index in [-0.39, 0.29) is 12.5 Å². The standard InChI is InChI=1S/C18H23ClN4O2S2/c19-16-4-3-15(27-16)12-22-7-9-23(10-8-22)13-17(24)21-18(25)20-6-5-14-2-1-11-26-14/h1-4,11H,5-10,12-13H2,(H2,20,21,24,25). The lowest BCUT2D eigenvalue weighted by molar-refractivity contribution is -0.121. The van der Waals surface area contributed by atoms with E-state index < -0.39 is 6.03 Å². The first-order chi connectivity index (χ1) is 13.1. The molecule has 0 aliphatic carbocycles. The normalized spacial score (nSPS) is 15.6. The van der Waals surface area contributed by atoms with Crippen LogP contribution in [0, 0.1) is 0 Å². The van der Waals surface area contributed by atoms with E-state index in [4.69, 9.17) is 11.6 Å².